The van der Waals surface area contributed by atoms with Crippen molar-refractivity contribution in [3.8, 4) is 11.4 Å². The number of pyridine rings is 2. The summed E-state index contributed by atoms with van der Waals surface area (Å²) >= 11 is 0. The third-order valence-corrected chi connectivity index (χ3v) is 2.34. The molecule has 0 aliphatic rings. The lowest BCUT2D eigenvalue weighted by atomic mass is 10.0. The Morgan fingerprint density at radius 1 is 1.00 bits per heavy atom. The van der Waals surface area contributed by atoms with Gasteiger partial charge in [0.2, 0.25) is 0 Å². The van der Waals surface area contributed by atoms with Crippen molar-refractivity contribution in [2.45, 2.75) is 19.4 Å². The molecule has 2 aromatic heterocycles. The fourth-order valence-electron chi connectivity index (χ4n) is 1.45. The van der Waals surface area contributed by atoms with E-state index in [2.05, 4.69) is 9.97 Å². The summed E-state index contributed by atoms with van der Waals surface area (Å²) in [5.41, 5.74) is 8.19. The SMILES string of the molecule is CC(C)(N)c1cccc(-c2ccccn2)n1. The predicted octanol–water partition coefficient (Wildman–Crippen LogP) is 2.34. The van der Waals surface area contributed by atoms with Gasteiger partial charge in [0.1, 0.15) is 0 Å². The first kappa shape index (κ1) is 10.8. The second kappa shape index (κ2) is 4.02. The van der Waals surface area contributed by atoms with Crippen molar-refractivity contribution in [1.29, 1.82) is 0 Å². The third kappa shape index (κ3) is 2.25. The van der Waals surface area contributed by atoms with Gasteiger partial charge >= 0.3 is 0 Å². The second-order valence-electron chi connectivity index (χ2n) is 4.34. The van der Waals surface area contributed by atoms with Gasteiger partial charge in [-0.1, -0.05) is 12.1 Å². The maximum atomic E-state index is 6.02. The minimum Gasteiger partial charge on any atom is -0.321 e. The molecule has 0 spiro atoms. The van der Waals surface area contributed by atoms with E-state index in [1.54, 1.807) is 6.20 Å². The van der Waals surface area contributed by atoms with Gasteiger partial charge in [-0.15, -0.1) is 0 Å². The molecule has 16 heavy (non-hydrogen) atoms. The van der Waals surface area contributed by atoms with Gasteiger partial charge in [0, 0.05) is 6.20 Å². The Bertz CT molecular complexity index is 472. The average Bonchev–Trinajstić information content (AvgIpc) is 2.29. The molecule has 0 bridgehead atoms. The molecule has 0 unspecified atom stereocenters. The molecule has 0 atom stereocenters. The first-order valence-electron chi connectivity index (χ1n) is 5.25. The second-order valence-corrected chi connectivity index (χ2v) is 4.34. The molecule has 0 radical (unpaired) electrons. The van der Waals surface area contributed by atoms with Gasteiger partial charge in [0.15, 0.2) is 0 Å². The summed E-state index contributed by atoms with van der Waals surface area (Å²) in [6, 6.07) is 11.6. The number of hydrogen-bond donors (Lipinski definition) is 1. The Hall–Kier alpha value is -1.74. The van der Waals surface area contributed by atoms with Crippen molar-refractivity contribution < 1.29 is 0 Å². The number of nitrogens with zero attached hydrogens (tertiary/aromatic N) is 2. The molecular formula is C13H15N3. The molecule has 3 heteroatoms. The third-order valence-electron chi connectivity index (χ3n) is 2.34. The zero-order chi connectivity index (χ0) is 11.6. The summed E-state index contributed by atoms with van der Waals surface area (Å²) in [6.45, 7) is 3.88. The first-order chi connectivity index (χ1) is 7.57. The van der Waals surface area contributed by atoms with Crippen LogP contribution in [-0.2, 0) is 5.54 Å². The fourth-order valence-corrected chi connectivity index (χ4v) is 1.45. The molecule has 3 nitrogen and oxygen atoms in total. The fraction of sp³-hybridized carbons (Fsp3) is 0.231. The predicted molar refractivity (Wildman–Crippen MR) is 64.7 cm³/mol. The quantitative estimate of drug-likeness (QED) is 0.833. The van der Waals surface area contributed by atoms with Crippen LogP contribution in [0, 0.1) is 0 Å². The van der Waals surface area contributed by atoms with Crippen LogP contribution in [0.5, 0.6) is 0 Å². The van der Waals surface area contributed by atoms with E-state index in [1.807, 2.05) is 50.2 Å². The van der Waals surface area contributed by atoms with Crippen LogP contribution in [0.3, 0.4) is 0 Å². The minimum absolute atomic E-state index is 0.426. The Morgan fingerprint density at radius 2 is 1.75 bits per heavy atom. The number of nitrogens with two attached hydrogens (primary N) is 1. The van der Waals surface area contributed by atoms with E-state index in [1.165, 1.54) is 0 Å². The monoisotopic (exact) mass is 213 g/mol. The van der Waals surface area contributed by atoms with E-state index >= 15 is 0 Å². The van der Waals surface area contributed by atoms with Gasteiger partial charge in [-0.05, 0) is 38.1 Å². The highest BCUT2D eigenvalue weighted by Crippen LogP contribution is 2.19. The zero-order valence-corrected chi connectivity index (χ0v) is 9.51. The largest absolute Gasteiger partial charge is 0.321 e. The van der Waals surface area contributed by atoms with E-state index < -0.39 is 5.54 Å². The summed E-state index contributed by atoms with van der Waals surface area (Å²) in [4.78, 5) is 8.80. The number of rotatable bonds is 2. The summed E-state index contributed by atoms with van der Waals surface area (Å²) < 4.78 is 0. The number of aromatic nitrogens is 2. The Kier molecular flexibility index (Phi) is 2.71. The normalized spacial score (nSPS) is 11.4. The zero-order valence-electron chi connectivity index (χ0n) is 9.51. The summed E-state index contributed by atoms with van der Waals surface area (Å²) in [5, 5.41) is 0. The summed E-state index contributed by atoms with van der Waals surface area (Å²) in [6.07, 6.45) is 1.76. The molecule has 2 aromatic rings. The molecule has 2 N–H and O–H groups in total. The first-order valence-corrected chi connectivity index (χ1v) is 5.25. The molecule has 0 saturated heterocycles. The van der Waals surface area contributed by atoms with Crippen LogP contribution in [0.4, 0.5) is 0 Å². The van der Waals surface area contributed by atoms with Crippen molar-refractivity contribution >= 4 is 0 Å². The average molecular weight is 213 g/mol. The van der Waals surface area contributed by atoms with E-state index in [0.717, 1.165) is 17.1 Å². The molecule has 0 aromatic carbocycles. The maximum absolute atomic E-state index is 6.02. The van der Waals surface area contributed by atoms with Crippen molar-refractivity contribution in [3.63, 3.8) is 0 Å². The maximum Gasteiger partial charge on any atom is 0.0890 e. The molecule has 0 aliphatic heterocycles. The molecule has 0 aliphatic carbocycles. The highest BCUT2D eigenvalue weighted by Gasteiger charge is 2.16. The van der Waals surface area contributed by atoms with Gasteiger partial charge in [0.05, 0.1) is 22.6 Å². The van der Waals surface area contributed by atoms with Gasteiger partial charge < -0.3 is 5.73 Å². The molecule has 2 heterocycles. The highest BCUT2D eigenvalue weighted by molar-refractivity contribution is 5.53. The lowest BCUT2D eigenvalue weighted by Gasteiger charge is -2.18. The van der Waals surface area contributed by atoms with E-state index in [-0.39, 0.29) is 0 Å². The molecule has 0 amide bonds. The Morgan fingerprint density at radius 3 is 2.38 bits per heavy atom. The molecule has 82 valence electrons. The van der Waals surface area contributed by atoms with E-state index in [4.69, 9.17) is 5.73 Å². The van der Waals surface area contributed by atoms with Crippen LogP contribution in [0.25, 0.3) is 11.4 Å². The van der Waals surface area contributed by atoms with Crippen molar-refractivity contribution in [2.75, 3.05) is 0 Å². The minimum atomic E-state index is -0.426. The van der Waals surface area contributed by atoms with Crippen LogP contribution in [0.1, 0.15) is 19.5 Å². The number of hydrogen-bond acceptors (Lipinski definition) is 3. The van der Waals surface area contributed by atoms with Crippen LogP contribution in [0.15, 0.2) is 42.6 Å². The van der Waals surface area contributed by atoms with Gasteiger partial charge in [0.25, 0.3) is 0 Å². The van der Waals surface area contributed by atoms with E-state index in [0.29, 0.717) is 0 Å². The lowest BCUT2D eigenvalue weighted by Crippen LogP contribution is -2.29. The van der Waals surface area contributed by atoms with Gasteiger partial charge in [-0.2, -0.15) is 0 Å². The van der Waals surface area contributed by atoms with Gasteiger partial charge in [-0.25, -0.2) is 4.98 Å². The standard InChI is InChI=1S/C13H15N3/c1-13(2,14)12-8-5-7-11(16-12)10-6-3-4-9-15-10/h3-9H,14H2,1-2H3. The topological polar surface area (TPSA) is 51.8 Å². The van der Waals surface area contributed by atoms with Crippen molar-refractivity contribution in [1.82, 2.24) is 9.97 Å². The molecule has 0 saturated carbocycles. The Balaban J connectivity index is 2.45. The Labute approximate surface area is 95.4 Å². The highest BCUT2D eigenvalue weighted by atomic mass is 14.8. The van der Waals surface area contributed by atoms with Crippen LogP contribution < -0.4 is 5.73 Å². The van der Waals surface area contributed by atoms with Crippen molar-refractivity contribution in [3.05, 3.63) is 48.3 Å². The lowest BCUT2D eigenvalue weighted by molar-refractivity contribution is 0.536. The van der Waals surface area contributed by atoms with Crippen molar-refractivity contribution in [2.24, 2.45) is 5.73 Å². The summed E-state index contributed by atoms with van der Waals surface area (Å²) in [5.74, 6) is 0. The smallest absolute Gasteiger partial charge is 0.0890 e. The molecule has 0 fully saturated rings. The van der Waals surface area contributed by atoms with Crippen LogP contribution in [-0.4, -0.2) is 9.97 Å². The van der Waals surface area contributed by atoms with Gasteiger partial charge in [-0.3, -0.25) is 4.98 Å². The summed E-state index contributed by atoms with van der Waals surface area (Å²) in [7, 11) is 0. The molecular weight excluding hydrogens is 198 g/mol. The van der Waals surface area contributed by atoms with Crippen LogP contribution >= 0.6 is 0 Å². The molecule has 2 rings (SSSR count). The van der Waals surface area contributed by atoms with Crippen LogP contribution in [0.2, 0.25) is 0 Å². The van der Waals surface area contributed by atoms with E-state index in [9.17, 15) is 0 Å².